The first-order chi connectivity index (χ1) is 15.9. The second kappa shape index (κ2) is 9.28. The van der Waals surface area contributed by atoms with E-state index in [-0.39, 0.29) is 39.7 Å². The summed E-state index contributed by atoms with van der Waals surface area (Å²) in [7, 11) is 0. The lowest BCUT2D eigenvalue weighted by molar-refractivity contribution is -0.137. The number of esters is 1. The Hall–Kier alpha value is -3.94. The van der Waals surface area contributed by atoms with Gasteiger partial charge in [0.05, 0.1) is 5.39 Å². The van der Waals surface area contributed by atoms with Crippen molar-refractivity contribution < 1.29 is 23.5 Å². The topological polar surface area (TPSA) is 120 Å². The summed E-state index contributed by atoms with van der Waals surface area (Å²) in [5, 5.41) is 0.265. The van der Waals surface area contributed by atoms with E-state index < -0.39 is 12.6 Å². The maximum Gasteiger partial charge on any atom is 0.342 e. The number of carbonyl (C=O) groups is 3. The molecule has 0 unspecified atom stereocenters. The Morgan fingerprint density at radius 3 is 2.42 bits per heavy atom. The molecule has 4 rings (SSSR count). The minimum absolute atomic E-state index is 0.0713. The van der Waals surface area contributed by atoms with Crippen LogP contribution in [0, 0.1) is 12.8 Å². The lowest BCUT2D eigenvalue weighted by atomic mass is 9.96. The number of amides is 2. The fourth-order valence-electron chi connectivity index (χ4n) is 4.04. The van der Waals surface area contributed by atoms with Crippen LogP contribution < -0.4 is 11.2 Å². The van der Waals surface area contributed by atoms with Gasteiger partial charge in [0.1, 0.15) is 11.3 Å². The molecular formula is C25H24N2O6. The zero-order valence-corrected chi connectivity index (χ0v) is 18.2. The van der Waals surface area contributed by atoms with Crippen LogP contribution in [0.1, 0.15) is 28.8 Å². The maximum absolute atomic E-state index is 12.9. The quantitative estimate of drug-likeness (QED) is 0.599. The third-order valence-electron chi connectivity index (χ3n) is 5.98. The van der Waals surface area contributed by atoms with Gasteiger partial charge >= 0.3 is 5.97 Å². The summed E-state index contributed by atoms with van der Waals surface area (Å²) in [5.41, 5.74) is 6.43. The summed E-state index contributed by atoms with van der Waals surface area (Å²) >= 11 is 0. The average molecular weight is 448 g/mol. The summed E-state index contributed by atoms with van der Waals surface area (Å²) in [5.74, 6) is -1.34. The highest BCUT2D eigenvalue weighted by molar-refractivity contribution is 6.02. The highest BCUT2D eigenvalue weighted by Gasteiger charge is 2.27. The van der Waals surface area contributed by atoms with Crippen molar-refractivity contribution in [2.75, 3.05) is 19.7 Å². The number of benzene rings is 2. The first kappa shape index (κ1) is 22.3. The van der Waals surface area contributed by atoms with Crippen LogP contribution in [0.4, 0.5) is 0 Å². The Balaban J connectivity index is 1.55. The lowest BCUT2D eigenvalue weighted by Crippen LogP contribution is -2.43. The standard InChI is InChI=1S/C25H24N2O6/c1-15-21(29)18-8-5-9-19(23(18)33-22(15)16-6-3-2-4-7-16)25(31)32-14-20(28)27-12-10-17(11-13-27)24(26)30/h2-9,17H,10-14H2,1H3,(H2,26,30). The number of likely N-dealkylation sites (tertiary alicyclic amines) is 1. The molecule has 3 aromatic rings. The molecule has 8 nitrogen and oxygen atoms in total. The minimum Gasteiger partial charge on any atom is -0.455 e. The van der Waals surface area contributed by atoms with E-state index in [2.05, 4.69) is 0 Å². The van der Waals surface area contributed by atoms with Gasteiger partial charge in [-0.15, -0.1) is 0 Å². The third kappa shape index (κ3) is 4.50. The molecule has 1 aromatic heterocycles. The average Bonchev–Trinajstić information content (AvgIpc) is 2.84. The molecule has 33 heavy (non-hydrogen) atoms. The van der Waals surface area contributed by atoms with E-state index in [0.717, 1.165) is 0 Å². The predicted octanol–water partition coefficient (Wildman–Crippen LogP) is 2.65. The molecule has 0 saturated carbocycles. The highest BCUT2D eigenvalue weighted by atomic mass is 16.5. The van der Waals surface area contributed by atoms with Crippen molar-refractivity contribution in [2.45, 2.75) is 19.8 Å². The van der Waals surface area contributed by atoms with Gasteiger partial charge in [-0.05, 0) is 31.9 Å². The Morgan fingerprint density at radius 1 is 1.06 bits per heavy atom. The molecule has 1 saturated heterocycles. The van der Waals surface area contributed by atoms with Gasteiger partial charge in [0.25, 0.3) is 5.91 Å². The number of hydrogen-bond donors (Lipinski definition) is 1. The van der Waals surface area contributed by atoms with Gasteiger partial charge in [-0.1, -0.05) is 36.4 Å². The van der Waals surface area contributed by atoms with Crippen molar-refractivity contribution in [3.05, 3.63) is 69.9 Å². The molecule has 0 bridgehead atoms. The number of primary amides is 1. The van der Waals surface area contributed by atoms with E-state index in [0.29, 0.717) is 42.8 Å². The fourth-order valence-corrected chi connectivity index (χ4v) is 4.04. The minimum atomic E-state index is -0.757. The highest BCUT2D eigenvalue weighted by Crippen LogP contribution is 2.27. The summed E-state index contributed by atoms with van der Waals surface area (Å²) < 4.78 is 11.3. The number of carbonyl (C=O) groups excluding carboxylic acids is 3. The molecule has 170 valence electrons. The molecule has 2 N–H and O–H groups in total. The van der Waals surface area contributed by atoms with Gasteiger partial charge < -0.3 is 19.8 Å². The van der Waals surface area contributed by atoms with Crippen molar-refractivity contribution in [3.8, 4) is 11.3 Å². The van der Waals surface area contributed by atoms with Crippen LogP contribution in [0.15, 0.2) is 57.7 Å². The van der Waals surface area contributed by atoms with E-state index >= 15 is 0 Å². The number of hydrogen-bond acceptors (Lipinski definition) is 6. The number of nitrogens with two attached hydrogens (primary N) is 1. The van der Waals surface area contributed by atoms with Crippen LogP contribution in [0.3, 0.4) is 0 Å². The molecule has 1 fully saturated rings. The first-order valence-electron chi connectivity index (χ1n) is 10.7. The van der Waals surface area contributed by atoms with Crippen LogP contribution in [-0.2, 0) is 14.3 Å². The van der Waals surface area contributed by atoms with Gasteiger partial charge in [0.15, 0.2) is 17.6 Å². The Kier molecular flexibility index (Phi) is 6.26. The van der Waals surface area contributed by atoms with Crippen LogP contribution in [0.2, 0.25) is 0 Å². The molecule has 1 aliphatic heterocycles. The smallest absolute Gasteiger partial charge is 0.342 e. The van der Waals surface area contributed by atoms with Crippen molar-refractivity contribution in [1.29, 1.82) is 0 Å². The van der Waals surface area contributed by atoms with Gasteiger partial charge in [-0.2, -0.15) is 0 Å². The molecular weight excluding hydrogens is 424 g/mol. The third-order valence-corrected chi connectivity index (χ3v) is 5.98. The van der Waals surface area contributed by atoms with E-state index in [1.165, 1.54) is 6.07 Å². The Morgan fingerprint density at radius 2 is 1.76 bits per heavy atom. The zero-order chi connectivity index (χ0) is 23.5. The Labute approximate surface area is 189 Å². The summed E-state index contributed by atoms with van der Waals surface area (Å²) in [6, 6.07) is 13.8. The number of nitrogens with zero attached hydrogens (tertiary/aromatic N) is 1. The molecule has 0 atom stereocenters. The largest absolute Gasteiger partial charge is 0.455 e. The van der Waals surface area contributed by atoms with Crippen LogP contribution in [0.5, 0.6) is 0 Å². The zero-order valence-electron chi connectivity index (χ0n) is 18.2. The molecule has 2 heterocycles. The summed E-state index contributed by atoms with van der Waals surface area (Å²) in [6.07, 6.45) is 0.982. The maximum atomic E-state index is 12.9. The van der Waals surface area contributed by atoms with Crippen LogP contribution in [0.25, 0.3) is 22.3 Å². The normalized spacial score (nSPS) is 14.3. The monoisotopic (exact) mass is 448 g/mol. The van der Waals surface area contributed by atoms with E-state index in [1.54, 1.807) is 24.0 Å². The summed E-state index contributed by atoms with van der Waals surface area (Å²) in [6.45, 7) is 2.00. The van der Waals surface area contributed by atoms with Crippen LogP contribution in [-0.4, -0.2) is 42.4 Å². The predicted molar refractivity (Wildman–Crippen MR) is 121 cm³/mol. The lowest BCUT2D eigenvalue weighted by Gasteiger charge is -2.30. The van der Waals surface area contributed by atoms with Crippen molar-refractivity contribution in [2.24, 2.45) is 11.7 Å². The van der Waals surface area contributed by atoms with Gasteiger partial charge in [-0.25, -0.2) is 4.79 Å². The molecule has 0 radical (unpaired) electrons. The van der Waals surface area contributed by atoms with E-state index in [4.69, 9.17) is 14.9 Å². The first-order valence-corrected chi connectivity index (χ1v) is 10.7. The fraction of sp³-hybridized carbons (Fsp3) is 0.280. The molecule has 2 amide bonds. The second-order valence-electron chi connectivity index (χ2n) is 8.07. The Bertz CT molecular complexity index is 1270. The number of piperidine rings is 1. The van der Waals surface area contributed by atoms with Gasteiger partial charge in [0, 0.05) is 30.1 Å². The van der Waals surface area contributed by atoms with Gasteiger partial charge in [0.2, 0.25) is 5.91 Å². The number of fused-ring (bicyclic) bond motifs is 1. The summed E-state index contributed by atoms with van der Waals surface area (Å²) in [4.78, 5) is 51.1. The van der Waals surface area contributed by atoms with E-state index in [1.807, 2.05) is 30.3 Å². The molecule has 2 aromatic carbocycles. The second-order valence-corrected chi connectivity index (χ2v) is 8.07. The van der Waals surface area contributed by atoms with Crippen molar-refractivity contribution in [1.82, 2.24) is 4.90 Å². The molecule has 0 spiro atoms. The van der Waals surface area contributed by atoms with Crippen LogP contribution >= 0.6 is 0 Å². The van der Waals surface area contributed by atoms with E-state index in [9.17, 15) is 19.2 Å². The van der Waals surface area contributed by atoms with Crippen molar-refractivity contribution in [3.63, 3.8) is 0 Å². The van der Waals surface area contributed by atoms with Crippen molar-refractivity contribution >= 4 is 28.8 Å². The number of ether oxygens (including phenoxy) is 1. The molecule has 1 aliphatic rings. The number of rotatable bonds is 5. The SMILES string of the molecule is Cc1c(-c2ccccc2)oc2c(C(=O)OCC(=O)N3CCC(C(N)=O)CC3)cccc2c1=O. The molecule has 0 aliphatic carbocycles. The van der Waals surface area contributed by atoms with Gasteiger partial charge in [-0.3, -0.25) is 14.4 Å². The number of para-hydroxylation sites is 1. The molecule has 8 heteroatoms.